The molecule has 0 saturated carbocycles. The third-order valence-electron chi connectivity index (χ3n) is 2.83. The highest BCUT2D eigenvalue weighted by Gasteiger charge is 2.38. The quantitative estimate of drug-likeness (QED) is 0.522. The van der Waals surface area contributed by atoms with Crippen molar-refractivity contribution in [1.29, 1.82) is 0 Å². The van der Waals surface area contributed by atoms with Crippen molar-refractivity contribution in [1.82, 2.24) is 4.90 Å². The van der Waals surface area contributed by atoms with Gasteiger partial charge in [0.2, 0.25) is 0 Å². The summed E-state index contributed by atoms with van der Waals surface area (Å²) in [4.78, 5) is 2.20. The fourth-order valence-electron chi connectivity index (χ4n) is 2.05. The SMILES string of the molecule is NC1CCN2CCS(=O)(=O)CC12. The van der Waals surface area contributed by atoms with Gasteiger partial charge in [0.1, 0.15) is 0 Å². The van der Waals surface area contributed by atoms with Crippen LogP contribution in [-0.4, -0.2) is 50.0 Å². The lowest BCUT2D eigenvalue weighted by molar-refractivity contribution is 0.265. The lowest BCUT2D eigenvalue weighted by Gasteiger charge is -2.30. The molecule has 4 nitrogen and oxygen atoms in total. The molecule has 0 aromatic carbocycles. The van der Waals surface area contributed by atoms with Crippen LogP contribution in [0.5, 0.6) is 0 Å². The van der Waals surface area contributed by atoms with E-state index in [2.05, 4.69) is 4.90 Å². The van der Waals surface area contributed by atoms with Crippen LogP contribution in [0.4, 0.5) is 0 Å². The predicted octanol–water partition coefficient (Wildman–Crippen LogP) is -1.18. The van der Waals surface area contributed by atoms with Crippen LogP contribution >= 0.6 is 0 Å². The fourth-order valence-corrected chi connectivity index (χ4v) is 3.71. The van der Waals surface area contributed by atoms with Crippen molar-refractivity contribution in [3.8, 4) is 0 Å². The first kappa shape index (κ1) is 8.47. The molecule has 0 amide bonds. The minimum atomic E-state index is -2.79. The first-order valence-electron chi connectivity index (χ1n) is 4.28. The Bertz CT molecular complexity index is 275. The summed E-state index contributed by atoms with van der Waals surface area (Å²) in [5.41, 5.74) is 5.80. The van der Waals surface area contributed by atoms with E-state index in [0.29, 0.717) is 12.3 Å². The maximum atomic E-state index is 11.3. The summed E-state index contributed by atoms with van der Waals surface area (Å²) in [5, 5.41) is 0. The summed E-state index contributed by atoms with van der Waals surface area (Å²) in [6.07, 6.45) is 0.945. The van der Waals surface area contributed by atoms with E-state index in [4.69, 9.17) is 5.73 Å². The average Bonchev–Trinajstić information content (AvgIpc) is 2.31. The molecular weight excluding hydrogens is 176 g/mol. The van der Waals surface area contributed by atoms with Crippen molar-refractivity contribution in [3.63, 3.8) is 0 Å². The molecule has 2 fully saturated rings. The van der Waals surface area contributed by atoms with E-state index in [1.54, 1.807) is 0 Å². The van der Waals surface area contributed by atoms with Gasteiger partial charge in [-0.25, -0.2) is 8.42 Å². The largest absolute Gasteiger partial charge is 0.326 e. The minimum absolute atomic E-state index is 0.0695. The summed E-state index contributed by atoms with van der Waals surface area (Å²) < 4.78 is 22.5. The number of rotatable bonds is 0. The highest BCUT2D eigenvalue weighted by atomic mass is 32.2. The van der Waals surface area contributed by atoms with Gasteiger partial charge in [0.25, 0.3) is 0 Å². The Morgan fingerprint density at radius 3 is 2.83 bits per heavy atom. The third kappa shape index (κ3) is 1.36. The van der Waals surface area contributed by atoms with E-state index in [0.717, 1.165) is 13.0 Å². The standard InChI is InChI=1S/C7H14N2O2S/c8-6-1-2-9-3-4-12(10,11)5-7(6)9/h6-7H,1-5,8H2. The molecule has 2 rings (SSSR count). The first-order valence-corrected chi connectivity index (χ1v) is 6.11. The summed E-state index contributed by atoms with van der Waals surface area (Å²) in [7, 11) is -2.79. The topological polar surface area (TPSA) is 63.4 Å². The normalized spacial score (nSPS) is 41.1. The van der Waals surface area contributed by atoms with Gasteiger partial charge in [0.05, 0.1) is 11.5 Å². The molecule has 2 aliphatic rings. The number of fused-ring (bicyclic) bond motifs is 1. The van der Waals surface area contributed by atoms with Gasteiger partial charge in [0.15, 0.2) is 9.84 Å². The van der Waals surface area contributed by atoms with Gasteiger partial charge in [0, 0.05) is 25.2 Å². The summed E-state index contributed by atoms with van der Waals surface area (Å²) in [5.74, 6) is 0.588. The second kappa shape index (κ2) is 2.68. The maximum Gasteiger partial charge on any atom is 0.153 e. The molecule has 0 radical (unpaired) electrons. The van der Waals surface area contributed by atoms with Gasteiger partial charge >= 0.3 is 0 Å². The highest BCUT2D eigenvalue weighted by molar-refractivity contribution is 7.91. The number of sulfone groups is 1. The van der Waals surface area contributed by atoms with Gasteiger partial charge < -0.3 is 5.73 Å². The van der Waals surface area contributed by atoms with Crippen molar-refractivity contribution < 1.29 is 8.42 Å². The van der Waals surface area contributed by atoms with Gasteiger partial charge in [-0.05, 0) is 6.42 Å². The van der Waals surface area contributed by atoms with Gasteiger partial charge in [-0.3, -0.25) is 4.90 Å². The second-order valence-electron chi connectivity index (χ2n) is 3.67. The lowest BCUT2D eigenvalue weighted by Crippen LogP contribution is -2.50. The smallest absolute Gasteiger partial charge is 0.153 e. The summed E-state index contributed by atoms with van der Waals surface area (Å²) in [6.45, 7) is 1.65. The molecule has 0 bridgehead atoms. The van der Waals surface area contributed by atoms with Gasteiger partial charge in [-0.1, -0.05) is 0 Å². The Balaban J connectivity index is 2.17. The number of hydrogen-bond acceptors (Lipinski definition) is 4. The van der Waals surface area contributed by atoms with E-state index >= 15 is 0 Å². The van der Waals surface area contributed by atoms with E-state index in [1.807, 2.05) is 0 Å². The van der Waals surface area contributed by atoms with E-state index in [9.17, 15) is 8.42 Å². The Morgan fingerprint density at radius 1 is 1.33 bits per heavy atom. The van der Waals surface area contributed by atoms with Crippen LogP contribution in [-0.2, 0) is 9.84 Å². The molecule has 70 valence electrons. The van der Waals surface area contributed by atoms with E-state index in [-0.39, 0.29) is 17.8 Å². The number of nitrogens with two attached hydrogens (primary N) is 1. The second-order valence-corrected chi connectivity index (χ2v) is 5.90. The number of nitrogens with zero attached hydrogens (tertiary/aromatic N) is 1. The van der Waals surface area contributed by atoms with E-state index in [1.165, 1.54) is 0 Å². The monoisotopic (exact) mass is 190 g/mol. The van der Waals surface area contributed by atoms with Crippen molar-refractivity contribution in [3.05, 3.63) is 0 Å². The molecule has 2 N–H and O–H groups in total. The fraction of sp³-hybridized carbons (Fsp3) is 1.00. The molecule has 2 unspecified atom stereocenters. The maximum absolute atomic E-state index is 11.3. The zero-order chi connectivity index (χ0) is 8.77. The molecule has 5 heteroatoms. The van der Waals surface area contributed by atoms with Crippen molar-refractivity contribution in [2.45, 2.75) is 18.5 Å². The Kier molecular flexibility index (Phi) is 1.89. The zero-order valence-corrected chi connectivity index (χ0v) is 7.76. The lowest BCUT2D eigenvalue weighted by atomic mass is 10.1. The van der Waals surface area contributed by atoms with Gasteiger partial charge in [-0.15, -0.1) is 0 Å². The Labute approximate surface area is 72.6 Å². The molecule has 0 spiro atoms. The van der Waals surface area contributed by atoms with Gasteiger partial charge in [-0.2, -0.15) is 0 Å². The Morgan fingerprint density at radius 2 is 2.08 bits per heavy atom. The average molecular weight is 190 g/mol. The minimum Gasteiger partial charge on any atom is -0.326 e. The van der Waals surface area contributed by atoms with Crippen molar-refractivity contribution in [2.24, 2.45) is 5.73 Å². The van der Waals surface area contributed by atoms with E-state index < -0.39 is 9.84 Å². The highest BCUT2D eigenvalue weighted by Crippen LogP contribution is 2.21. The molecule has 2 atom stereocenters. The Hall–Kier alpha value is -0.130. The molecule has 0 aromatic rings. The molecule has 2 saturated heterocycles. The van der Waals surface area contributed by atoms with Crippen LogP contribution in [0.15, 0.2) is 0 Å². The van der Waals surface area contributed by atoms with Crippen LogP contribution in [0.1, 0.15) is 6.42 Å². The van der Waals surface area contributed by atoms with Crippen LogP contribution < -0.4 is 5.73 Å². The summed E-state index contributed by atoms with van der Waals surface area (Å²) >= 11 is 0. The summed E-state index contributed by atoms with van der Waals surface area (Å²) in [6, 6.07) is 0.170. The third-order valence-corrected chi connectivity index (χ3v) is 4.48. The van der Waals surface area contributed by atoms with Crippen LogP contribution in [0, 0.1) is 0 Å². The first-order chi connectivity index (χ1) is 5.58. The van der Waals surface area contributed by atoms with Crippen molar-refractivity contribution >= 4 is 9.84 Å². The molecule has 2 aliphatic heterocycles. The number of hydrogen-bond donors (Lipinski definition) is 1. The van der Waals surface area contributed by atoms with Crippen LogP contribution in [0.2, 0.25) is 0 Å². The van der Waals surface area contributed by atoms with Crippen LogP contribution in [0.25, 0.3) is 0 Å². The molecule has 12 heavy (non-hydrogen) atoms. The molecule has 0 aliphatic carbocycles. The molecule has 0 aromatic heterocycles. The van der Waals surface area contributed by atoms with Crippen molar-refractivity contribution in [2.75, 3.05) is 24.6 Å². The zero-order valence-electron chi connectivity index (χ0n) is 6.94. The molecular formula is C7H14N2O2S. The molecule has 2 heterocycles. The predicted molar refractivity (Wildman–Crippen MR) is 46.6 cm³/mol. The van der Waals surface area contributed by atoms with Crippen LogP contribution in [0.3, 0.4) is 0 Å².